The van der Waals surface area contributed by atoms with Crippen molar-refractivity contribution in [1.29, 1.82) is 0 Å². The molecule has 2 amide bonds. The Labute approximate surface area is 189 Å². The molecule has 0 aromatic heterocycles. The average molecular weight is 441 g/mol. The summed E-state index contributed by atoms with van der Waals surface area (Å²) in [6.07, 6.45) is 1.76. The van der Waals surface area contributed by atoms with Gasteiger partial charge in [-0.2, -0.15) is 0 Å². The van der Waals surface area contributed by atoms with E-state index in [0.29, 0.717) is 31.0 Å². The second-order valence-corrected chi connectivity index (χ2v) is 8.15. The molecular weight excluding hydrogens is 408 g/mol. The maximum absolute atomic E-state index is 12.7. The molecule has 2 aromatic rings. The van der Waals surface area contributed by atoms with Gasteiger partial charge in [0.2, 0.25) is 5.91 Å². The number of amides is 2. The van der Waals surface area contributed by atoms with Gasteiger partial charge < -0.3 is 24.4 Å². The number of benzene rings is 2. The molecule has 3 rings (SSSR count). The molecule has 2 aromatic carbocycles. The highest BCUT2D eigenvalue weighted by Gasteiger charge is 2.24. The first kappa shape index (κ1) is 23.4. The van der Waals surface area contributed by atoms with Gasteiger partial charge in [0.15, 0.2) is 18.1 Å². The smallest absolute Gasteiger partial charge is 0.258 e. The summed E-state index contributed by atoms with van der Waals surface area (Å²) in [5.74, 6) is 1.91. The number of carbonyl (C=O) groups is 2. The van der Waals surface area contributed by atoms with E-state index in [-0.39, 0.29) is 24.5 Å². The highest BCUT2D eigenvalue weighted by molar-refractivity contribution is 5.79. The van der Waals surface area contributed by atoms with Crippen LogP contribution < -0.4 is 19.5 Å². The zero-order valence-electron chi connectivity index (χ0n) is 19.3. The van der Waals surface area contributed by atoms with E-state index in [2.05, 4.69) is 5.32 Å². The second kappa shape index (κ2) is 10.9. The summed E-state index contributed by atoms with van der Waals surface area (Å²) in [5.41, 5.74) is 3.05. The monoisotopic (exact) mass is 440 g/mol. The Kier molecular flexibility index (Phi) is 7.98. The molecule has 172 valence electrons. The van der Waals surface area contributed by atoms with E-state index >= 15 is 0 Å². The zero-order chi connectivity index (χ0) is 23.1. The van der Waals surface area contributed by atoms with E-state index in [4.69, 9.17) is 14.2 Å². The maximum atomic E-state index is 12.7. The van der Waals surface area contributed by atoms with E-state index in [1.807, 2.05) is 55.1 Å². The van der Waals surface area contributed by atoms with Gasteiger partial charge in [0.1, 0.15) is 5.75 Å². The van der Waals surface area contributed by atoms with Crippen molar-refractivity contribution in [2.24, 2.45) is 0 Å². The lowest BCUT2D eigenvalue weighted by Crippen LogP contribution is -2.47. The third kappa shape index (κ3) is 6.15. The first-order valence-corrected chi connectivity index (χ1v) is 10.9. The molecule has 1 aliphatic rings. The highest BCUT2D eigenvalue weighted by Crippen LogP contribution is 2.28. The molecule has 0 spiro atoms. The van der Waals surface area contributed by atoms with Crippen LogP contribution in [-0.4, -0.2) is 56.7 Å². The molecule has 1 N–H and O–H groups in total. The molecule has 0 radical (unpaired) electrons. The van der Waals surface area contributed by atoms with Crippen molar-refractivity contribution in [1.82, 2.24) is 10.2 Å². The summed E-state index contributed by atoms with van der Waals surface area (Å²) in [4.78, 5) is 26.9. The molecule has 1 aliphatic heterocycles. The van der Waals surface area contributed by atoms with Crippen LogP contribution in [0.4, 0.5) is 0 Å². The molecular formula is C25H32N2O5. The minimum atomic E-state index is -0.139. The SMILES string of the molecule is COc1ccc(CC(=O)N2CCC(NC(=O)COc3ccc(C)cc3C)CC2)cc1OC. The van der Waals surface area contributed by atoms with E-state index in [0.717, 1.165) is 35.3 Å². The third-order valence-electron chi connectivity index (χ3n) is 5.71. The van der Waals surface area contributed by atoms with Gasteiger partial charge in [0, 0.05) is 19.1 Å². The Hall–Kier alpha value is -3.22. The van der Waals surface area contributed by atoms with Gasteiger partial charge in [-0.15, -0.1) is 0 Å². The van der Waals surface area contributed by atoms with Crippen molar-refractivity contribution in [3.05, 3.63) is 53.1 Å². The number of ether oxygens (including phenoxy) is 3. The van der Waals surface area contributed by atoms with Crippen LogP contribution in [0, 0.1) is 13.8 Å². The van der Waals surface area contributed by atoms with E-state index in [1.165, 1.54) is 0 Å². The summed E-state index contributed by atoms with van der Waals surface area (Å²) in [5, 5.41) is 3.02. The highest BCUT2D eigenvalue weighted by atomic mass is 16.5. The average Bonchev–Trinajstić information content (AvgIpc) is 2.78. The summed E-state index contributed by atoms with van der Waals surface area (Å²) >= 11 is 0. The van der Waals surface area contributed by atoms with E-state index in [9.17, 15) is 9.59 Å². The number of piperidine rings is 1. The molecule has 0 atom stereocenters. The molecule has 0 saturated carbocycles. The maximum Gasteiger partial charge on any atom is 0.258 e. The number of hydrogen-bond donors (Lipinski definition) is 1. The molecule has 7 nitrogen and oxygen atoms in total. The predicted molar refractivity (Wildman–Crippen MR) is 122 cm³/mol. The standard InChI is InChI=1S/C25H32N2O5/c1-17-5-7-21(18(2)13-17)32-16-24(28)26-20-9-11-27(12-10-20)25(29)15-19-6-8-22(30-3)23(14-19)31-4/h5-8,13-14,20H,9-12,15-16H2,1-4H3,(H,26,28). The fraction of sp³-hybridized carbons (Fsp3) is 0.440. The van der Waals surface area contributed by atoms with Crippen molar-refractivity contribution in [2.45, 2.75) is 39.2 Å². The van der Waals surface area contributed by atoms with Gasteiger partial charge >= 0.3 is 0 Å². The molecule has 1 heterocycles. The quantitative estimate of drug-likeness (QED) is 0.683. The first-order valence-electron chi connectivity index (χ1n) is 10.9. The molecule has 1 fully saturated rings. The van der Waals surface area contributed by atoms with Crippen molar-refractivity contribution in [3.8, 4) is 17.2 Å². The number of methoxy groups -OCH3 is 2. The Morgan fingerprint density at radius 1 is 0.969 bits per heavy atom. The molecule has 0 bridgehead atoms. The van der Waals surface area contributed by atoms with Crippen LogP contribution in [0.25, 0.3) is 0 Å². The van der Waals surface area contributed by atoms with Crippen LogP contribution in [0.5, 0.6) is 17.2 Å². The van der Waals surface area contributed by atoms with Crippen LogP contribution in [0.15, 0.2) is 36.4 Å². The number of nitrogens with zero attached hydrogens (tertiary/aromatic N) is 1. The van der Waals surface area contributed by atoms with Gasteiger partial charge in [-0.25, -0.2) is 0 Å². The molecule has 0 unspecified atom stereocenters. The number of likely N-dealkylation sites (tertiary alicyclic amines) is 1. The van der Waals surface area contributed by atoms with Gasteiger partial charge in [0.05, 0.1) is 20.6 Å². The van der Waals surface area contributed by atoms with Crippen LogP contribution in [0.2, 0.25) is 0 Å². The largest absolute Gasteiger partial charge is 0.493 e. The van der Waals surface area contributed by atoms with Gasteiger partial charge in [0.25, 0.3) is 5.91 Å². The Morgan fingerprint density at radius 3 is 2.31 bits per heavy atom. The number of carbonyl (C=O) groups excluding carboxylic acids is 2. The minimum absolute atomic E-state index is 0.0116. The van der Waals surface area contributed by atoms with Crippen LogP contribution in [0.3, 0.4) is 0 Å². The minimum Gasteiger partial charge on any atom is -0.493 e. The lowest BCUT2D eigenvalue weighted by Gasteiger charge is -2.32. The van der Waals surface area contributed by atoms with Crippen molar-refractivity contribution in [2.75, 3.05) is 33.9 Å². The third-order valence-corrected chi connectivity index (χ3v) is 5.71. The fourth-order valence-corrected chi connectivity index (χ4v) is 3.92. The van der Waals surface area contributed by atoms with Crippen molar-refractivity contribution >= 4 is 11.8 Å². The summed E-state index contributed by atoms with van der Waals surface area (Å²) < 4.78 is 16.2. The Morgan fingerprint density at radius 2 is 1.66 bits per heavy atom. The van der Waals surface area contributed by atoms with Gasteiger partial charge in [-0.3, -0.25) is 9.59 Å². The van der Waals surface area contributed by atoms with E-state index in [1.54, 1.807) is 14.2 Å². The number of nitrogens with one attached hydrogen (secondary N) is 1. The lowest BCUT2D eigenvalue weighted by atomic mass is 10.0. The zero-order valence-corrected chi connectivity index (χ0v) is 19.3. The molecule has 32 heavy (non-hydrogen) atoms. The van der Waals surface area contributed by atoms with Crippen LogP contribution in [-0.2, 0) is 16.0 Å². The topological polar surface area (TPSA) is 77.1 Å². The predicted octanol–water partition coefficient (Wildman–Crippen LogP) is 3.05. The van der Waals surface area contributed by atoms with Crippen molar-refractivity contribution < 1.29 is 23.8 Å². The Bertz CT molecular complexity index is 951. The normalized spacial score (nSPS) is 14.1. The van der Waals surface area contributed by atoms with Gasteiger partial charge in [-0.1, -0.05) is 23.8 Å². The molecule has 1 saturated heterocycles. The van der Waals surface area contributed by atoms with Crippen LogP contribution >= 0.6 is 0 Å². The second-order valence-electron chi connectivity index (χ2n) is 8.15. The summed E-state index contributed by atoms with van der Waals surface area (Å²) in [6.45, 7) is 5.22. The number of aryl methyl sites for hydroxylation is 2. The first-order chi connectivity index (χ1) is 15.4. The Balaban J connectivity index is 1.43. The van der Waals surface area contributed by atoms with Crippen molar-refractivity contribution in [3.63, 3.8) is 0 Å². The lowest BCUT2D eigenvalue weighted by molar-refractivity contribution is -0.131. The van der Waals surface area contributed by atoms with E-state index < -0.39 is 0 Å². The van der Waals surface area contributed by atoms with Gasteiger partial charge in [-0.05, 0) is 56.0 Å². The van der Waals surface area contributed by atoms with Crippen LogP contribution in [0.1, 0.15) is 29.5 Å². The molecule has 0 aliphatic carbocycles. The summed E-state index contributed by atoms with van der Waals surface area (Å²) in [7, 11) is 3.16. The summed E-state index contributed by atoms with van der Waals surface area (Å²) in [6, 6.07) is 11.5. The number of rotatable bonds is 8. The molecule has 7 heteroatoms. The number of hydrogen-bond acceptors (Lipinski definition) is 5. The fourth-order valence-electron chi connectivity index (χ4n) is 3.92.